The Morgan fingerprint density at radius 3 is 2.62 bits per heavy atom. The lowest BCUT2D eigenvalue weighted by atomic mass is 9.93. The summed E-state index contributed by atoms with van der Waals surface area (Å²) >= 11 is 0. The van der Waals surface area contributed by atoms with Crippen molar-refractivity contribution in [3.05, 3.63) is 65.2 Å². The molecule has 1 aliphatic carbocycles. The van der Waals surface area contributed by atoms with Gasteiger partial charge in [-0.3, -0.25) is 0 Å². The molecule has 0 aliphatic heterocycles. The molecule has 126 valence electrons. The fourth-order valence-electron chi connectivity index (χ4n) is 3.23. The first-order chi connectivity index (χ1) is 11.4. The Bertz CT molecular complexity index is 778. The Labute approximate surface area is 140 Å². The van der Waals surface area contributed by atoms with E-state index >= 15 is 0 Å². The maximum Gasteiger partial charge on any atom is 0.319 e. The second kappa shape index (κ2) is 6.23. The van der Waals surface area contributed by atoms with E-state index in [0.717, 1.165) is 18.1 Å². The Balaban J connectivity index is 1.67. The van der Waals surface area contributed by atoms with Crippen LogP contribution in [-0.2, 0) is 5.41 Å². The van der Waals surface area contributed by atoms with Crippen molar-refractivity contribution in [1.29, 1.82) is 0 Å². The van der Waals surface area contributed by atoms with Crippen LogP contribution in [0.1, 0.15) is 24.5 Å². The molecule has 0 radical (unpaired) electrons. The van der Waals surface area contributed by atoms with Gasteiger partial charge in [-0.05, 0) is 48.6 Å². The molecule has 1 saturated carbocycles. The first-order valence-electron chi connectivity index (χ1n) is 7.98. The van der Waals surface area contributed by atoms with Crippen LogP contribution in [0.15, 0.2) is 42.5 Å². The predicted octanol–water partition coefficient (Wildman–Crippen LogP) is 4.37. The number of aryl methyl sites for hydroxylation is 1. The lowest BCUT2D eigenvalue weighted by Crippen LogP contribution is -2.36. The van der Waals surface area contributed by atoms with Gasteiger partial charge in [0.15, 0.2) is 0 Å². The zero-order valence-electron chi connectivity index (χ0n) is 13.7. The van der Waals surface area contributed by atoms with E-state index in [0.29, 0.717) is 17.8 Å². The van der Waals surface area contributed by atoms with Crippen LogP contribution in [0, 0.1) is 24.5 Å². The van der Waals surface area contributed by atoms with Crippen molar-refractivity contribution in [2.45, 2.75) is 25.7 Å². The second-order valence-electron chi connectivity index (χ2n) is 6.56. The molecule has 1 aliphatic rings. The molecule has 24 heavy (non-hydrogen) atoms. The van der Waals surface area contributed by atoms with Gasteiger partial charge in [0.25, 0.3) is 0 Å². The molecule has 0 bridgehead atoms. The minimum atomic E-state index is -0.593. The quantitative estimate of drug-likeness (QED) is 0.858. The van der Waals surface area contributed by atoms with Crippen LogP contribution in [0.5, 0.6) is 0 Å². The van der Waals surface area contributed by atoms with E-state index in [1.807, 2.05) is 38.1 Å². The maximum absolute atomic E-state index is 14.1. The van der Waals surface area contributed by atoms with Gasteiger partial charge in [0.05, 0.1) is 0 Å². The number of benzene rings is 2. The van der Waals surface area contributed by atoms with E-state index in [-0.39, 0.29) is 11.9 Å². The van der Waals surface area contributed by atoms with Crippen molar-refractivity contribution >= 4 is 11.7 Å². The third-order valence-corrected chi connectivity index (χ3v) is 4.76. The summed E-state index contributed by atoms with van der Waals surface area (Å²) in [4.78, 5) is 12.1. The molecular weight excluding hydrogens is 310 g/mol. The number of hydrogen-bond acceptors (Lipinski definition) is 1. The van der Waals surface area contributed by atoms with Crippen molar-refractivity contribution < 1.29 is 13.6 Å². The van der Waals surface area contributed by atoms with Gasteiger partial charge in [-0.2, -0.15) is 0 Å². The van der Waals surface area contributed by atoms with Crippen LogP contribution < -0.4 is 10.6 Å². The molecule has 2 aromatic carbocycles. The van der Waals surface area contributed by atoms with Crippen molar-refractivity contribution in [3.8, 4) is 0 Å². The highest BCUT2D eigenvalue weighted by atomic mass is 19.1. The zero-order chi connectivity index (χ0) is 17.3. The van der Waals surface area contributed by atoms with Gasteiger partial charge >= 0.3 is 6.03 Å². The largest absolute Gasteiger partial charge is 0.337 e. The number of hydrogen-bond donors (Lipinski definition) is 2. The summed E-state index contributed by atoms with van der Waals surface area (Å²) in [5.74, 6) is -0.915. The lowest BCUT2D eigenvalue weighted by Gasteiger charge is -2.19. The summed E-state index contributed by atoms with van der Waals surface area (Å²) in [5, 5.41) is 5.58. The summed E-state index contributed by atoms with van der Waals surface area (Å²) in [6.45, 7) is 4.26. The Morgan fingerprint density at radius 1 is 1.25 bits per heavy atom. The third-order valence-electron chi connectivity index (χ3n) is 4.76. The number of nitrogens with one attached hydrogen (secondary N) is 2. The highest BCUT2D eigenvalue weighted by molar-refractivity contribution is 5.89. The normalized spacial score (nSPS) is 22.1. The summed E-state index contributed by atoms with van der Waals surface area (Å²) in [6, 6.07) is 10.8. The number of rotatable bonds is 4. The summed E-state index contributed by atoms with van der Waals surface area (Å²) in [6.07, 6.45) is 0.764. The summed E-state index contributed by atoms with van der Waals surface area (Å²) in [5.41, 5.74) is 1.76. The monoisotopic (exact) mass is 330 g/mol. The molecule has 2 amide bonds. The van der Waals surface area contributed by atoms with Crippen molar-refractivity contribution in [2.24, 2.45) is 5.92 Å². The Morgan fingerprint density at radius 2 is 2.00 bits per heavy atom. The van der Waals surface area contributed by atoms with E-state index in [4.69, 9.17) is 0 Å². The molecule has 2 atom stereocenters. The average molecular weight is 330 g/mol. The van der Waals surface area contributed by atoms with E-state index in [2.05, 4.69) is 10.6 Å². The first-order valence-corrected chi connectivity index (χ1v) is 7.98. The van der Waals surface area contributed by atoms with Crippen LogP contribution in [0.2, 0.25) is 0 Å². The van der Waals surface area contributed by atoms with E-state index < -0.39 is 17.0 Å². The Kier molecular flexibility index (Phi) is 4.26. The molecule has 5 heteroatoms. The molecular formula is C19H20F2N2O. The highest BCUT2D eigenvalue weighted by Crippen LogP contribution is 2.54. The molecule has 2 N–H and O–H groups in total. The minimum absolute atomic E-state index is 0.233. The molecule has 2 unspecified atom stereocenters. The highest BCUT2D eigenvalue weighted by Gasteiger charge is 2.53. The van der Waals surface area contributed by atoms with Crippen LogP contribution >= 0.6 is 0 Å². The Hall–Kier alpha value is -2.43. The van der Waals surface area contributed by atoms with E-state index in [1.165, 1.54) is 12.1 Å². The fraction of sp³-hybridized carbons (Fsp3) is 0.316. The van der Waals surface area contributed by atoms with Crippen LogP contribution in [0.25, 0.3) is 0 Å². The molecule has 2 aromatic rings. The number of carbonyl (C=O) groups is 1. The predicted molar refractivity (Wildman–Crippen MR) is 90.0 cm³/mol. The van der Waals surface area contributed by atoms with Gasteiger partial charge in [0.1, 0.15) is 11.6 Å². The molecule has 0 heterocycles. The first kappa shape index (κ1) is 16.4. The van der Waals surface area contributed by atoms with Gasteiger partial charge < -0.3 is 10.6 Å². The van der Waals surface area contributed by atoms with Gasteiger partial charge in [-0.15, -0.1) is 0 Å². The number of carbonyl (C=O) groups excluding carboxylic acids is 1. The van der Waals surface area contributed by atoms with Crippen LogP contribution in [0.4, 0.5) is 19.3 Å². The summed E-state index contributed by atoms with van der Waals surface area (Å²) in [7, 11) is 0. The molecule has 3 nitrogen and oxygen atoms in total. The molecule has 0 saturated heterocycles. The van der Waals surface area contributed by atoms with Crippen LogP contribution in [-0.4, -0.2) is 12.6 Å². The van der Waals surface area contributed by atoms with E-state index in [9.17, 15) is 13.6 Å². The molecule has 1 fully saturated rings. The number of halogens is 2. The SMILES string of the molecule is Cc1cccc(NC(=O)NCC2(c3ccc(F)cc3F)CC2C)c1. The second-order valence-corrected chi connectivity index (χ2v) is 6.56. The number of anilines is 1. The minimum Gasteiger partial charge on any atom is -0.337 e. The maximum atomic E-state index is 14.1. The van der Waals surface area contributed by atoms with Gasteiger partial charge in [0.2, 0.25) is 0 Å². The average Bonchev–Trinajstić information content (AvgIpc) is 3.16. The van der Waals surface area contributed by atoms with Crippen molar-refractivity contribution in [3.63, 3.8) is 0 Å². The molecule has 0 spiro atoms. The number of amides is 2. The van der Waals surface area contributed by atoms with Gasteiger partial charge in [0, 0.05) is 23.7 Å². The van der Waals surface area contributed by atoms with Gasteiger partial charge in [-0.25, -0.2) is 13.6 Å². The number of urea groups is 1. The third kappa shape index (κ3) is 3.25. The molecule has 0 aromatic heterocycles. The van der Waals surface area contributed by atoms with Gasteiger partial charge in [-0.1, -0.05) is 25.1 Å². The molecule has 3 rings (SSSR count). The van der Waals surface area contributed by atoms with Crippen LogP contribution in [0.3, 0.4) is 0 Å². The standard InChI is InChI=1S/C19H20F2N2O/c1-12-4-3-5-15(8-12)23-18(24)22-11-19(10-13(19)2)16-7-6-14(20)9-17(16)21/h3-9,13H,10-11H2,1-2H3,(H2,22,23,24). The lowest BCUT2D eigenvalue weighted by molar-refractivity contribution is 0.250. The van der Waals surface area contributed by atoms with E-state index in [1.54, 1.807) is 0 Å². The summed E-state index contributed by atoms with van der Waals surface area (Å²) < 4.78 is 27.2. The van der Waals surface area contributed by atoms with Crippen molar-refractivity contribution in [1.82, 2.24) is 5.32 Å². The fourth-order valence-corrected chi connectivity index (χ4v) is 3.23. The zero-order valence-corrected chi connectivity index (χ0v) is 13.7. The topological polar surface area (TPSA) is 41.1 Å². The smallest absolute Gasteiger partial charge is 0.319 e. The van der Waals surface area contributed by atoms with Crippen molar-refractivity contribution in [2.75, 3.05) is 11.9 Å².